The summed E-state index contributed by atoms with van der Waals surface area (Å²) in [5.74, 6) is 0.162. The normalized spacial score (nSPS) is 22.9. The van der Waals surface area contributed by atoms with Gasteiger partial charge in [-0.1, -0.05) is 6.07 Å². The first-order valence-corrected chi connectivity index (χ1v) is 8.76. The number of hydrogen-bond donors (Lipinski definition) is 0. The third-order valence-electron chi connectivity index (χ3n) is 5.17. The topological polar surface area (TPSA) is 67.7 Å². The van der Waals surface area contributed by atoms with E-state index in [-0.39, 0.29) is 23.9 Å². The highest BCUT2D eigenvalue weighted by Crippen LogP contribution is 2.32. The number of likely N-dealkylation sites (N-methyl/N-ethyl adjacent to an activating group) is 1. The molecule has 0 aliphatic carbocycles. The minimum absolute atomic E-state index is 0.0356. The number of likely N-dealkylation sites (tertiary alicyclic amines) is 2. The summed E-state index contributed by atoms with van der Waals surface area (Å²) in [6.07, 6.45) is 2.05. The second kappa shape index (κ2) is 7.24. The first-order valence-electron chi connectivity index (χ1n) is 8.76. The number of hydrogen-bond acceptors (Lipinski definition) is 4. The van der Waals surface area contributed by atoms with Crippen LogP contribution in [0.5, 0.6) is 0 Å². The maximum Gasteiger partial charge on any atom is 0.254 e. The van der Waals surface area contributed by atoms with Gasteiger partial charge < -0.3 is 14.7 Å². The molecule has 25 heavy (non-hydrogen) atoms. The number of carbonyl (C=O) groups excluding carboxylic acids is 2. The molecule has 2 atom stereocenters. The molecule has 1 aromatic rings. The van der Waals surface area contributed by atoms with Gasteiger partial charge >= 0.3 is 0 Å². The highest BCUT2D eigenvalue weighted by Gasteiger charge is 2.44. The summed E-state index contributed by atoms with van der Waals surface area (Å²) in [5.41, 5.74) is 1.05. The number of amides is 2. The van der Waals surface area contributed by atoms with Crippen molar-refractivity contribution in [2.24, 2.45) is 0 Å². The molecular formula is C19H24N4O2. The van der Waals surface area contributed by atoms with Gasteiger partial charge in [0.05, 0.1) is 23.7 Å². The maximum atomic E-state index is 12.9. The van der Waals surface area contributed by atoms with Crippen molar-refractivity contribution in [2.75, 3.05) is 33.7 Å². The molecule has 2 aliphatic rings. The summed E-state index contributed by atoms with van der Waals surface area (Å²) < 4.78 is 0. The van der Waals surface area contributed by atoms with Crippen molar-refractivity contribution in [3.63, 3.8) is 0 Å². The molecule has 1 aromatic carbocycles. The highest BCUT2D eigenvalue weighted by molar-refractivity contribution is 5.95. The molecule has 0 unspecified atom stereocenters. The molecule has 3 rings (SSSR count). The molecule has 2 heterocycles. The van der Waals surface area contributed by atoms with Gasteiger partial charge in [0.1, 0.15) is 0 Å². The molecule has 132 valence electrons. The van der Waals surface area contributed by atoms with Gasteiger partial charge in [0.15, 0.2) is 0 Å². The Hall–Kier alpha value is -2.39. The second-order valence-electron chi connectivity index (χ2n) is 7.04. The predicted molar refractivity (Wildman–Crippen MR) is 93.9 cm³/mol. The van der Waals surface area contributed by atoms with E-state index in [2.05, 4.69) is 11.0 Å². The average Bonchev–Trinajstić information content (AvgIpc) is 3.04. The van der Waals surface area contributed by atoms with E-state index in [0.29, 0.717) is 30.6 Å². The van der Waals surface area contributed by atoms with Crippen molar-refractivity contribution < 1.29 is 9.59 Å². The van der Waals surface area contributed by atoms with Crippen LogP contribution in [0.2, 0.25) is 0 Å². The minimum atomic E-state index is -0.0356. The number of nitrogens with zero attached hydrogens (tertiary/aromatic N) is 4. The number of benzene rings is 1. The Bertz CT molecular complexity index is 710. The number of rotatable bonds is 4. The first-order chi connectivity index (χ1) is 12.0. The zero-order chi connectivity index (χ0) is 18.0. The van der Waals surface area contributed by atoms with Crippen LogP contribution in [-0.4, -0.2) is 72.3 Å². The summed E-state index contributed by atoms with van der Waals surface area (Å²) in [6, 6.07) is 9.13. The van der Waals surface area contributed by atoms with Crippen LogP contribution in [0.1, 0.15) is 35.2 Å². The van der Waals surface area contributed by atoms with E-state index in [1.54, 1.807) is 24.3 Å². The van der Waals surface area contributed by atoms with Gasteiger partial charge in [-0.05, 0) is 45.1 Å². The molecule has 0 aromatic heterocycles. The van der Waals surface area contributed by atoms with Crippen LogP contribution in [0.15, 0.2) is 24.3 Å². The lowest BCUT2D eigenvalue weighted by molar-refractivity contribution is -0.137. The largest absolute Gasteiger partial charge is 0.336 e. The fourth-order valence-corrected chi connectivity index (χ4v) is 3.89. The van der Waals surface area contributed by atoms with Gasteiger partial charge in [0.2, 0.25) is 5.91 Å². The van der Waals surface area contributed by atoms with Crippen LogP contribution in [0, 0.1) is 11.3 Å². The van der Waals surface area contributed by atoms with Gasteiger partial charge in [-0.2, -0.15) is 5.26 Å². The average molecular weight is 340 g/mol. The molecule has 0 bridgehead atoms. The van der Waals surface area contributed by atoms with E-state index in [4.69, 9.17) is 5.26 Å². The lowest BCUT2D eigenvalue weighted by Crippen LogP contribution is -2.54. The summed E-state index contributed by atoms with van der Waals surface area (Å²) in [6.45, 7) is 2.20. The zero-order valence-corrected chi connectivity index (χ0v) is 14.8. The van der Waals surface area contributed by atoms with Crippen LogP contribution >= 0.6 is 0 Å². The molecule has 0 saturated carbocycles. The number of fused-ring (bicyclic) bond motifs is 1. The van der Waals surface area contributed by atoms with Crippen molar-refractivity contribution in [1.82, 2.24) is 14.7 Å². The Balaban J connectivity index is 1.76. The number of piperidine rings is 1. The van der Waals surface area contributed by atoms with Crippen molar-refractivity contribution >= 4 is 11.8 Å². The van der Waals surface area contributed by atoms with E-state index in [9.17, 15) is 9.59 Å². The zero-order valence-electron chi connectivity index (χ0n) is 14.8. The third-order valence-corrected chi connectivity index (χ3v) is 5.17. The summed E-state index contributed by atoms with van der Waals surface area (Å²) in [5, 5.41) is 9.04. The van der Waals surface area contributed by atoms with Crippen LogP contribution in [0.4, 0.5) is 0 Å². The molecule has 6 nitrogen and oxygen atoms in total. The van der Waals surface area contributed by atoms with Gasteiger partial charge in [-0.25, -0.2) is 0 Å². The summed E-state index contributed by atoms with van der Waals surface area (Å²) >= 11 is 0. The van der Waals surface area contributed by atoms with Crippen molar-refractivity contribution in [2.45, 2.75) is 31.3 Å². The lowest BCUT2D eigenvalue weighted by Gasteiger charge is -2.40. The standard InChI is InChI=1S/C19H24N4O2/c1-21(2)10-11-22-17-8-9-23(16(17)6-7-18(22)24)19(25)15-5-3-4-14(12-15)13-20/h3-5,12,16-17H,6-11H2,1-2H3/t16-,17-/m1/s1. The highest BCUT2D eigenvalue weighted by atomic mass is 16.2. The predicted octanol–water partition coefficient (Wildman–Crippen LogP) is 1.33. The molecule has 0 radical (unpaired) electrons. The minimum Gasteiger partial charge on any atom is -0.336 e. The SMILES string of the molecule is CN(C)CCN1C(=O)CC[C@@H]2[C@H]1CCN2C(=O)c1cccc(C#N)c1. The van der Waals surface area contributed by atoms with Gasteiger partial charge in [-0.15, -0.1) is 0 Å². The van der Waals surface area contributed by atoms with Crippen LogP contribution in [-0.2, 0) is 4.79 Å². The number of nitriles is 1. The molecule has 2 saturated heterocycles. The van der Waals surface area contributed by atoms with Crippen molar-refractivity contribution in [1.29, 1.82) is 5.26 Å². The van der Waals surface area contributed by atoms with E-state index in [0.717, 1.165) is 19.4 Å². The van der Waals surface area contributed by atoms with Crippen LogP contribution in [0.3, 0.4) is 0 Å². The summed E-state index contributed by atoms with van der Waals surface area (Å²) in [4.78, 5) is 31.2. The Morgan fingerprint density at radius 3 is 2.84 bits per heavy atom. The number of carbonyl (C=O) groups is 2. The second-order valence-corrected chi connectivity index (χ2v) is 7.04. The van der Waals surface area contributed by atoms with E-state index < -0.39 is 0 Å². The molecule has 2 aliphatic heterocycles. The smallest absolute Gasteiger partial charge is 0.254 e. The monoisotopic (exact) mass is 340 g/mol. The Labute approximate surface area is 148 Å². The quantitative estimate of drug-likeness (QED) is 0.829. The molecule has 2 amide bonds. The molecule has 6 heteroatoms. The van der Waals surface area contributed by atoms with Gasteiger partial charge in [-0.3, -0.25) is 9.59 Å². The van der Waals surface area contributed by atoms with Crippen LogP contribution in [0.25, 0.3) is 0 Å². The van der Waals surface area contributed by atoms with E-state index in [1.807, 2.05) is 23.9 Å². The van der Waals surface area contributed by atoms with Crippen molar-refractivity contribution in [3.8, 4) is 6.07 Å². The fourth-order valence-electron chi connectivity index (χ4n) is 3.89. The Morgan fingerprint density at radius 2 is 2.12 bits per heavy atom. The Morgan fingerprint density at radius 1 is 1.32 bits per heavy atom. The van der Waals surface area contributed by atoms with Gasteiger partial charge in [0.25, 0.3) is 5.91 Å². The Kier molecular flexibility index (Phi) is 5.05. The van der Waals surface area contributed by atoms with Gasteiger partial charge in [0, 0.05) is 31.6 Å². The maximum absolute atomic E-state index is 12.9. The molecule has 0 N–H and O–H groups in total. The first kappa shape index (κ1) is 17.4. The third kappa shape index (κ3) is 3.52. The summed E-state index contributed by atoms with van der Waals surface area (Å²) in [7, 11) is 4.00. The van der Waals surface area contributed by atoms with Crippen molar-refractivity contribution in [3.05, 3.63) is 35.4 Å². The lowest BCUT2D eigenvalue weighted by atomic mass is 9.96. The molecule has 2 fully saturated rings. The molecular weight excluding hydrogens is 316 g/mol. The van der Waals surface area contributed by atoms with E-state index >= 15 is 0 Å². The molecule has 0 spiro atoms. The van der Waals surface area contributed by atoms with E-state index in [1.165, 1.54) is 0 Å². The fraction of sp³-hybridized carbons (Fsp3) is 0.526. The van der Waals surface area contributed by atoms with Crippen LogP contribution < -0.4 is 0 Å².